The molecular formula is C12H24N2O. The van der Waals surface area contributed by atoms with Crippen molar-refractivity contribution in [1.29, 1.82) is 0 Å². The van der Waals surface area contributed by atoms with Crippen LogP contribution in [0.3, 0.4) is 0 Å². The van der Waals surface area contributed by atoms with Gasteiger partial charge in [-0.05, 0) is 33.8 Å². The van der Waals surface area contributed by atoms with Crippen LogP contribution in [0.4, 0.5) is 0 Å². The van der Waals surface area contributed by atoms with Crippen LogP contribution < -0.4 is 11.1 Å². The molecule has 1 atom stereocenters. The van der Waals surface area contributed by atoms with Crippen LogP contribution in [0.15, 0.2) is 11.8 Å². The van der Waals surface area contributed by atoms with Crippen molar-refractivity contribution in [3.05, 3.63) is 11.8 Å². The van der Waals surface area contributed by atoms with E-state index in [0.29, 0.717) is 0 Å². The quantitative estimate of drug-likeness (QED) is 0.747. The summed E-state index contributed by atoms with van der Waals surface area (Å²) in [6.07, 6.45) is 1.79. The summed E-state index contributed by atoms with van der Waals surface area (Å²) in [5.74, 6) is 0.0590. The third-order valence-corrected chi connectivity index (χ3v) is 1.90. The maximum atomic E-state index is 11.5. The zero-order valence-corrected chi connectivity index (χ0v) is 10.7. The number of hydrogen-bond acceptors (Lipinski definition) is 3. The lowest BCUT2D eigenvalue weighted by atomic mass is 10.0. The average Bonchev–Trinajstić information content (AvgIpc) is 1.98. The average molecular weight is 212 g/mol. The van der Waals surface area contributed by atoms with Crippen LogP contribution in [0, 0.1) is 5.92 Å². The van der Waals surface area contributed by atoms with Crippen LogP contribution in [-0.2, 0) is 4.79 Å². The SMILES string of the molecule is C/C(=C/C(N)C(=O)C(C)C)NC(C)(C)C. The Balaban J connectivity index is 4.42. The van der Waals surface area contributed by atoms with Gasteiger partial charge in [-0.2, -0.15) is 0 Å². The van der Waals surface area contributed by atoms with Crippen LogP contribution in [-0.4, -0.2) is 17.4 Å². The van der Waals surface area contributed by atoms with Crippen molar-refractivity contribution in [2.75, 3.05) is 0 Å². The number of hydrogen-bond donors (Lipinski definition) is 2. The van der Waals surface area contributed by atoms with E-state index >= 15 is 0 Å². The second-order valence-electron chi connectivity index (χ2n) is 5.31. The van der Waals surface area contributed by atoms with Gasteiger partial charge < -0.3 is 11.1 Å². The van der Waals surface area contributed by atoms with Gasteiger partial charge in [-0.15, -0.1) is 0 Å². The van der Waals surface area contributed by atoms with Crippen LogP contribution in [0.5, 0.6) is 0 Å². The highest BCUT2D eigenvalue weighted by molar-refractivity contribution is 5.87. The van der Waals surface area contributed by atoms with Gasteiger partial charge in [0.15, 0.2) is 5.78 Å². The molecule has 88 valence electrons. The Bertz CT molecular complexity index is 249. The molecule has 0 aromatic carbocycles. The molecule has 0 aromatic rings. The Labute approximate surface area is 93.1 Å². The molecule has 3 N–H and O–H groups in total. The molecule has 0 heterocycles. The molecule has 0 aromatic heterocycles. The monoisotopic (exact) mass is 212 g/mol. The fourth-order valence-corrected chi connectivity index (χ4v) is 1.37. The van der Waals surface area contributed by atoms with Crippen LogP contribution >= 0.6 is 0 Å². The fraction of sp³-hybridized carbons (Fsp3) is 0.750. The van der Waals surface area contributed by atoms with Gasteiger partial charge in [0.1, 0.15) is 0 Å². The Hall–Kier alpha value is -0.830. The van der Waals surface area contributed by atoms with E-state index < -0.39 is 6.04 Å². The zero-order valence-electron chi connectivity index (χ0n) is 10.7. The highest BCUT2D eigenvalue weighted by atomic mass is 16.1. The number of allylic oxidation sites excluding steroid dienone is 1. The third-order valence-electron chi connectivity index (χ3n) is 1.90. The molecule has 3 heteroatoms. The second kappa shape index (κ2) is 5.31. The van der Waals surface area contributed by atoms with Gasteiger partial charge in [0.25, 0.3) is 0 Å². The molecule has 0 saturated carbocycles. The predicted molar refractivity (Wildman–Crippen MR) is 64.5 cm³/mol. The van der Waals surface area contributed by atoms with Crippen molar-refractivity contribution in [2.24, 2.45) is 11.7 Å². The fourth-order valence-electron chi connectivity index (χ4n) is 1.37. The normalized spacial score (nSPS) is 15.3. The van der Waals surface area contributed by atoms with Crippen LogP contribution in [0.2, 0.25) is 0 Å². The summed E-state index contributed by atoms with van der Waals surface area (Å²) in [6.45, 7) is 11.9. The molecule has 0 rings (SSSR count). The van der Waals surface area contributed by atoms with Crippen molar-refractivity contribution >= 4 is 5.78 Å². The van der Waals surface area contributed by atoms with Crippen molar-refractivity contribution in [3.63, 3.8) is 0 Å². The number of ketones is 1. The molecule has 0 saturated heterocycles. The van der Waals surface area contributed by atoms with Gasteiger partial charge in [0, 0.05) is 17.2 Å². The standard InChI is InChI=1S/C12H24N2O/c1-8(2)11(15)10(13)7-9(3)14-12(4,5)6/h7-8,10,14H,13H2,1-6H3/b9-7-. The van der Waals surface area contributed by atoms with Gasteiger partial charge >= 0.3 is 0 Å². The topological polar surface area (TPSA) is 55.1 Å². The highest BCUT2D eigenvalue weighted by Gasteiger charge is 2.16. The molecule has 3 nitrogen and oxygen atoms in total. The van der Waals surface area contributed by atoms with Crippen molar-refractivity contribution < 1.29 is 4.79 Å². The Morgan fingerprint density at radius 3 is 2.13 bits per heavy atom. The lowest BCUT2D eigenvalue weighted by Gasteiger charge is -2.23. The first kappa shape index (κ1) is 14.2. The number of rotatable bonds is 4. The molecule has 0 spiro atoms. The minimum atomic E-state index is -0.500. The first-order valence-corrected chi connectivity index (χ1v) is 5.39. The molecule has 0 aliphatic carbocycles. The summed E-state index contributed by atoms with van der Waals surface area (Å²) in [6, 6.07) is -0.500. The largest absolute Gasteiger partial charge is 0.384 e. The van der Waals surface area contributed by atoms with Crippen molar-refractivity contribution in [3.8, 4) is 0 Å². The summed E-state index contributed by atoms with van der Waals surface area (Å²) in [5.41, 5.74) is 6.72. The lowest BCUT2D eigenvalue weighted by Crippen LogP contribution is -2.37. The van der Waals surface area contributed by atoms with Gasteiger partial charge in [0.05, 0.1) is 6.04 Å². The van der Waals surface area contributed by atoms with E-state index in [0.717, 1.165) is 5.70 Å². The lowest BCUT2D eigenvalue weighted by molar-refractivity contribution is -0.122. The van der Waals surface area contributed by atoms with Gasteiger partial charge in [0.2, 0.25) is 0 Å². The number of carbonyl (C=O) groups excluding carboxylic acids is 1. The number of Topliss-reactive ketones (excluding diaryl/α,β-unsaturated/α-hetero) is 1. The first-order chi connectivity index (χ1) is 6.63. The highest BCUT2D eigenvalue weighted by Crippen LogP contribution is 2.05. The maximum Gasteiger partial charge on any atom is 0.156 e. The third kappa shape index (κ3) is 6.28. The molecule has 1 unspecified atom stereocenters. The summed E-state index contributed by atoms with van der Waals surface area (Å²) in [7, 11) is 0. The number of nitrogens with one attached hydrogen (secondary N) is 1. The minimum Gasteiger partial charge on any atom is -0.384 e. The molecule has 15 heavy (non-hydrogen) atoms. The molecule has 0 aliphatic heterocycles. The summed E-state index contributed by atoms with van der Waals surface area (Å²) >= 11 is 0. The molecule has 0 bridgehead atoms. The van der Waals surface area contributed by atoms with E-state index in [9.17, 15) is 4.79 Å². The van der Waals surface area contributed by atoms with Crippen LogP contribution in [0.25, 0.3) is 0 Å². The van der Waals surface area contributed by atoms with E-state index in [2.05, 4.69) is 26.1 Å². The van der Waals surface area contributed by atoms with Gasteiger partial charge in [-0.25, -0.2) is 0 Å². The Kier molecular flexibility index (Phi) is 5.01. The predicted octanol–water partition coefficient (Wildman–Crippen LogP) is 1.83. The van der Waals surface area contributed by atoms with Crippen LogP contribution in [0.1, 0.15) is 41.5 Å². The molecular weight excluding hydrogens is 188 g/mol. The Morgan fingerprint density at radius 2 is 1.80 bits per heavy atom. The molecule has 0 radical (unpaired) electrons. The zero-order chi connectivity index (χ0) is 12.2. The van der Waals surface area contributed by atoms with Crippen molar-refractivity contribution in [2.45, 2.75) is 53.1 Å². The summed E-state index contributed by atoms with van der Waals surface area (Å²) < 4.78 is 0. The number of carbonyl (C=O) groups is 1. The Morgan fingerprint density at radius 1 is 1.33 bits per heavy atom. The minimum absolute atomic E-state index is 0.00117. The van der Waals surface area contributed by atoms with E-state index in [1.54, 1.807) is 6.08 Å². The van der Waals surface area contributed by atoms with Gasteiger partial charge in [-0.3, -0.25) is 4.79 Å². The summed E-state index contributed by atoms with van der Waals surface area (Å²) in [4.78, 5) is 11.5. The maximum absolute atomic E-state index is 11.5. The van der Waals surface area contributed by atoms with E-state index in [1.165, 1.54) is 0 Å². The molecule has 0 aliphatic rings. The van der Waals surface area contributed by atoms with E-state index in [-0.39, 0.29) is 17.2 Å². The van der Waals surface area contributed by atoms with E-state index in [1.807, 2.05) is 20.8 Å². The second-order valence-corrected chi connectivity index (χ2v) is 5.31. The molecule has 0 fully saturated rings. The first-order valence-electron chi connectivity index (χ1n) is 5.39. The smallest absolute Gasteiger partial charge is 0.156 e. The van der Waals surface area contributed by atoms with Crippen molar-refractivity contribution in [1.82, 2.24) is 5.32 Å². The van der Waals surface area contributed by atoms with Gasteiger partial charge in [-0.1, -0.05) is 13.8 Å². The van der Waals surface area contributed by atoms with E-state index in [4.69, 9.17) is 5.73 Å². The number of nitrogens with two attached hydrogens (primary N) is 1. The molecule has 0 amide bonds. The summed E-state index contributed by atoms with van der Waals surface area (Å²) in [5, 5.41) is 3.27.